The molecule has 0 bridgehead atoms. The lowest BCUT2D eigenvalue weighted by Crippen LogP contribution is -2.30. The Morgan fingerprint density at radius 3 is 2.68 bits per heavy atom. The van der Waals surface area contributed by atoms with Crippen molar-refractivity contribution >= 4 is 33.1 Å². The van der Waals surface area contributed by atoms with Crippen LogP contribution in [0.4, 0.5) is 10.1 Å². The fourth-order valence-electron chi connectivity index (χ4n) is 2.63. The second-order valence-corrected chi connectivity index (χ2v) is 7.23. The fraction of sp³-hybridized carbons (Fsp3) is 0.278. The van der Waals surface area contributed by atoms with Gasteiger partial charge in [-0.25, -0.2) is 9.37 Å². The predicted molar refractivity (Wildman–Crippen MR) is 97.9 cm³/mol. The quantitative estimate of drug-likeness (QED) is 0.779. The van der Waals surface area contributed by atoms with E-state index in [2.05, 4.69) is 10.3 Å². The maximum absolute atomic E-state index is 13.6. The summed E-state index contributed by atoms with van der Waals surface area (Å²) in [5, 5.41) is 3.17. The molecule has 0 unspecified atom stereocenters. The Labute approximate surface area is 148 Å². The molecule has 0 spiro atoms. The number of amides is 1. The minimum atomic E-state index is -0.404. The van der Waals surface area contributed by atoms with Gasteiger partial charge < -0.3 is 5.32 Å². The second kappa shape index (κ2) is 6.40. The van der Waals surface area contributed by atoms with Crippen molar-refractivity contribution in [3.05, 3.63) is 56.2 Å². The number of halogens is 1. The molecule has 0 radical (unpaired) electrons. The normalized spacial score (nSPS) is 11.1. The molecule has 7 heteroatoms. The third-order valence-electron chi connectivity index (χ3n) is 4.24. The van der Waals surface area contributed by atoms with Gasteiger partial charge in [0.15, 0.2) is 0 Å². The van der Waals surface area contributed by atoms with E-state index in [4.69, 9.17) is 0 Å². The van der Waals surface area contributed by atoms with Crippen molar-refractivity contribution in [3.63, 3.8) is 0 Å². The summed E-state index contributed by atoms with van der Waals surface area (Å²) in [4.78, 5) is 31.2. The number of carbonyl (C=O) groups excluding carboxylic acids is 1. The van der Waals surface area contributed by atoms with Crippen molar-refractivity contribution in [2.24, 2.45) is 0 Å². The molecule has 3 aromatic rings. The minimum Gasteiger partial charge on any atom is -0.324 e. The number of aryl methyl sites for hydroxylation is 4. The lowest BCUT2D eigenvalue weighted by atomic mass is 10.2. The summed E-state index contributed by atoms with van der Waals surface area (Å²) >= 11 is 1.47. The fourth-order valence-corrected chi connectivity index (χ4v) is 3.70. The van der Waals surface area contributed by atoms with Gasteiger partial charge >= 0.3 is 0 Å². The molecule has 0 aliphatic heterocycles. The van der Waals surface area contributed by atoms with Crippen molar-refractivity contribution < 1.29 is 9.18 Å². The topological polar surface area (TPSA) is 64.0 Å². The third-order valence-corrected chi connectivity index (χ3v) is 5.34. The molecule has 5 nitrogen and oxygen atoms in total. The number of hydrogen-bond acceptors (Lipinski definition) is 4. The van der Waals surface area contributed by atoms with Crippen molar-refractivity contribution in [2.75, 3.05) is 5.32 Å². The Morgan fingerprint density at radius 2 is 2.00 bits per heavy atom. The van der Waals surface area contributed by atoms with Crippen LogP contribution in [-0.4, -0.2) is 15.5 Å². The molecule has 0 saturated heterocycles. The lowest BCUT2D eigenvalue weighted by Gasteiger charge is -2.11. The number of carbonyl (C=O) groups is 1. The van der Waals surface area contributed by atoms with Gasteiger partial charge in [-0.05, 0) is 51.0 Å². The zero-order valence-electron chi connectivity index (χ0n) is 14.4. The Kier molecular flexibility index (Phi) is 4.43. The van der Waals surface area contributed by atoms with E-state index in [-0.39, 0.29) is 12.1 Å². The van der Waals surface area contributed by atoms with Crippen molar-refractivity contribution in [2.45, 2.75) is 34.2 Å². The predicted octanol–water partition coefficient (Wildman–Crippen LogP) is 3.47. The average Bonchev–Trinajstić information content (AvgIpc) is 2.82. The summed E-state index contributed by atoms with van der Waals surface area (Å²) in [6.07, 6.45) is 0. The minimum absolute atomic E-state index is 0.169. The van der Waals surface area contributed by atoms with Crippen LogP contribution in [0, 0.1) is 33.5 Å². The molecule has 3 rings (SSSR count). The van der Waals surface area contributed by atoms with Gasteiger partial charge in [-0.1, -0.05) is 6.07 Å². The molecule has 25 heavy (non-hydrogen) atoms. The van der Waals surface area contributed by atoms with Crippen LogP contribution in [0.15, 0.2) is 23.0 Å². The first-order chi connectivity index (χ1) is 11.8. The molecule has 0 atom stereocenters. The zero-order valence-corrected chi connectivity index (χ0v) is 15.3. The van der Waals surface area contributed by atoms with E-state index >= 15 is 0 Å². The van der Waals surface area contributed by atoms with Crippen molar-refractivity contribution in [3.8, 4) is 0 Å². The largest absolute Gasteiger partial charge is 0.324 e. The van der Waals surface area contributed by atoms with Crippen LogP contribution in [0.2, 0.25) is 0 Å². The smallest absolute Gasteiger partial charge is 0.263 e. The molecule has 2 heterocycles. The van der Waals surface area contributed by atoms with Crippen LogP contribution < -0.4 is 10.9 Å². The zero-order chi connectivity index (χ0) is 18.3. The van der Waals surface area contributed by atoms with Crippen LogP contribution in [0.25, 0.3) is 10.2 Å². The van der Waals surface area contributed by atoms with Crippen molar-refractivity contribution in [1.29, 1.82) is 0 Å². The number of fused-ring (bicyclic) bond motifs is 1. The van der Waals surface area contributed by atoms with E-state index in [0.717, 1.165) is 10.4 Å². The number of benzene rings is 1. The average molecular weight is 359 g/mol. The van der Waals surface area contributed by atoms with E-state index in [9.17, 15) is 14.0 Å². The monoisotopic (exact) mass is 359 g/mol. The highest BCUT2D eigenvalue weighted by Crippen LogP contribution is 2.26. The molecule has 1 aromatic carbocycles. The van der Waals surface area contributed by atoms with Gasteiger partial charge in [-0.3, -0.25) is 14.2 Å². The summed E-state index contributed by atoms with van der Waals surface area (Å²) in [5.74, 6) is -0.318. The second-order valence-electron chi connectivity index (χ2n) is 6.03. The molecule has 0 saturated carbocycles. The maximum atomic E-state index is 13.6. The van der Waals surface area contributed by atoms with Crippen molar-refractivity contribution in [1.82, 2.24) is 9.55 Å². The molecular formula is C18H18FN3O2S. The number of hydrogen-bond donors (Lipinski definition) is 1. The highest BCUT2D eigenvalue weighted by molar-refractivity contribution is 7.18. The number of rotatable bonds is 3. The van der Waals surface area contributed by atoms with Crippen LogP contribution in [0.1, 0.15) is 21.8 Å². The Hall–Kier alpha value is -2.54. The summed E-state index contributed by atoms with van der Waals surface area (Å²) in [7, 11) is 0. The van der Waals surface area contributed by atoms with Gasteiger partial charge in [0.05, 0.1) is 5.39 Å². The molecule has 0 fully saturated rings. The molecule has 2 aromatic heterocycles. The number of nitrogens with zero attached hydrogens (tertiary/aromatic N) is 2. The van der Waals surface area contributed by atoms with Gasteiger partial charge in [0.25, 0.3) is 5.56 Å². The SMILES string of the molecule is Cc1ccc(NC(=O)Cn2c(C)nc3sc(C)c(C)c3c2=O)cc1F. The molecule has 0 aliphatic rings. The van der Waals surface area contributed by atoms with Gasteiger partial charge in [0.1, 0.15) is 23.0 Å². The molecular weight excluding hydrogens is 341 g/mol. The van der Waals surface area contributed by atoms with Gasteiger partial charge in [-0.15, -0.1) is 11.3 Å². The number of aromatic nitrogens is 2. The maximum Gasteiger partial charge on any atom is 0.263 e. The van der Waals surface area contributed by atoms with E-state index in [1.165, 1.54) is 22.0 Å². The Bertz CT molecular complexity index is 1050. The van der Waals surface area contributed by atoms with Crippen LogP contribution in [-0.2, 0) is 11.3 Å². The summed E-state index contributed by atoms with van der Waals surface area (Å²) in [6.45, 7) is 7.00. The summed E-state index contributed by atoms with van der Waals surface area (Å²) in [5.41, 5.74) is 1.53. The van der Waals surface area contributed by atoms with Crippen LogP contribution in [0.3, 0.4) is 0 Å². The third kappa shape index (κ3) is 3.19. The van der Waals surface area contributed by atoms with Gasteiger partial charge in [-0.2, -0.15) is 0 Å². The number of nitrogens with one attached hydrogen (secondary N) is 1. The van der Waals surface area contributed by atoms with Crippen LogP contribution in [0.5, 0.6) is 0 Å². The standard InChI is InChI=1S/C18H18FN3O2S/c1-9-5-6-13(7-14(9)19)21-15(23)8-22-12(4)20-17-16(18(22)24)10(2)11(3)25-17/h5-7H,8H2,1-4H3,(H,21,23). The lowest BCUT2D eigenvalue weighted by molar-refractivity contribution is -0.116. The highest BCUT2D eigenvalue weighted by atomic mass is 32.1. The van der Waals surface area contributed by atoms with E-state index < -0.39 is 11.7 Å². The summed E-state index contributed by atoms with van der Waals surface area (Å²) < 4.78 is 14.9. The molecule has 1 amide bonds. The number of thiophene rings is 1. The Morgan fingerprint density at radius 1 is 1.28 bits per heavy atom. The number of anilines is 1. The van der Waals surface area contributed by atoms with E-state index in [0.29, 0.717) is 27.3 Å². The molecule has 1 N–H and O–H groups in total. The first kappa shape index (κ1) is 17.3. The van der Waals surface area contributed by atoms with E-state index in [1.807, 2.05) is 13.8 Å². The van der Waals surface area contributed by atoms with E-state index in [1.54, 1.807) is 26.0 Å². The molecule has 130 valence electrons. The molecule has 0 aliphatic carbocycles. The highest BCUT2D eigenvalue weighted by Gasteiger charge is 2.16. The Balaban J connectivity index is 1.92. The van der Waals surface area contributed by atoms with Gasteiger partial charge in [0.2, 0.25) is 5.91 Å². The first-order valence-electron chi connectivity index (χ1n) is 7.81. The first-order valence-corrected chi connectivity index (χ1v) is 8.62. The van der Waals surface area contributed by atoms with Crippen LogP contribution >= 0.6 is 11.3 Å². The summed E-state index contributed by atoms with van der Waals surface area (Å²) in [6, 6.07) is 4.48. The van der Waals surface area contributed by atoms with Gasteiger partial charge in [0, 0.05) is 10.6 Å².